The standard InChI is InChI=1S/C21H33O5P/c1-3-5-7-9-16-24-27(23,25-17-10-8-6-4-2)26-20-13-11-12-18-14-15-19(22)21(18)20/h11-13H,3-10,14-17H2,1-2H3. The van der Waals surface area contributed by atoms with Crippen molar-refractivity contribution < 1.29 is 22.9 Å². The molecule has 0 aromatic heterocycles. The summed E-state index contributed by atoms with van der Waals surface area (Å²) >= 11 is 0. The van der Waals surface area contributed by atoms with E-state index >= 15 is 0 Å². The highest BCUT2D eigenvalue weighted by molar-refractivity contribution is 7.48. The zero-order valence-corrected chi connectivity index (χ0v) is 17.6. The molecule has 1 aliphatic carbocycles. The molecule has 27 heavy (non-hydrogen) atoms. The number of rotatable bonds is 14. The molecule has 0 saturated carbocycles. The van der Waals surface area contributed by atoms with Crippen LogP contribution < -0.4 is 4.52 Å². The summed E-state index contributed by atoms with van der Waals surface area (Å²) in [5, 5.41) is 0. The Kier molecular flexibility index (Phi) is 9.53. The van der Waals surface area contributed by atoms with Crippen molar-refractivity contribution in [1.29, 1.82) is 0 Å². The number of phosphoric ester groups is 1. The first-order chi connectivity index (χ1) is 13.1. The Hall–Kier alpha value is -1.16. The maximum atomic E-state index is 13.2. The van der Waals surface area contributed by atoms with E-state index in [2.05, 4.69) is 13.8 Å². The Bertz CT molecular complexity index is 625. The van der Waals surface area contributed by atoms with Crippen LogP contribution in [0.1, 0.15) is 87.6 Å². The Morgan fingerprint density at radius 3 is 2.11 bits per heavy atom. The van der Waals surface area contributed by atoms with Crippen molar-refractivity contribution in [3.8, 4) is 5.75 Å². The van der Waals surface area contributed by atoms with E-state index in [0.29, 0.717) is 37.4 Å². The number of carbonyl (C=O) groups excluding carboxylic acids is 1. The molecule has 0 spiro atoms. The van der Waals surface area contributed by atoms with Crippen LogP contribution in [0.15, 0.2) is 18.2 Å². The smallest absolute Gasteiger partial charge is 0.403 e. The first kappa shape index (κ1) is 22.1. The summed E-state index contributed by atoms with van der Waals surface area (Å²) in [5.41, 5.74) is 1.47. The van der Waals surface area contributed by atoms with E-state index in [-0.39, 0.29) is 5.78 Å². The largest absolute Gasteiger partial charge is 0.530 e. The molecule has 1 aromatic carbocycles. The fourth-order valence-corrected chi connectivity index (χ4v) is 4.45. The topological polar surface area (TPSA) is 61.8 Å². The number of hydrogen-bond acceptors (Lipinski definition) is 5. The van der Waals surface area contributed by atoms with E-state index in [4.69, 9.17) is 13.6 Å². The number of benzene rings is 1. The molecule has 5 nitrogen and oxygen atoms in total. The van der Waals surface area contributed by atoms with Crippen molar-refractivity contribution in [2.75, 3.05) is 13.2 Å². The van der Waals surface area contributed by atoms with Crippen LogP contribution in [0.4, 0.5) is 0 Å². The van der Waals surface area contributed by atoms with Crippen LogP contribution in [-0.4, -0.2) is 19.0 Å². The number of hydrogen-bond donors (Lipinski definition) is 0. The summed E-state index contributed by atoms with van der Waals surface area (Å²) in [6.45, 7) is 4.94. The highest BCUT2D eigenvalue weighted by atomic mass is 31.2. The summed E-state index contributed by atoms with van der Waals surface area (Å²) in [6.07, 6.45) is 9.32. The molecule has 0 atom stereocenters. The quantitative estimate of drug-likeness (QED) is 0.265. The van der Waals surface area contributed by atoms with Crippen LogP contribution in [0.2, 0.25) is 0 Å². The van der Waals surface area contributed by atoms with Crippen molar-refractivity contribution in [3.63, 3.8) is 0 Å². The molecular formula is C21H33O5P. The molecule has 0 unspecified atom stereocenters. The molecule has 0 amide bonds. The first-order valence-electron chi connectivity index (χ1n) is 10.3. The third-order valence-corrected chi connectivity index (χ3v) is 6.14. The van der Waals surface area contributed by atoms with E-state index in [1.165, 1.54) is 0 Å². The predicted molar refractivity (Wildman–Crippen MR) is 108 cm³/mol. The first-order valence-corrected chi connectivity index (χ1v) is 11.8. The number of unbranched alkanes of at least 4 members (excludes halogenated alkanes) is 6. The maximum absolute atomic E-state index is 13.2. The van der Waals surface area contributed by atoms with Gasteiger partial charge in [-0.2, -0.15) is 0 Å². The summed E-state index contributed by atoms with van der Waals surface area (Å²) in [6, 6.07) is 5.41. The lowest BCUT2D eigenvalue weighted by Crippen LogP contribution is -2.07. The molecule has 1 aromatic rings. The number of aryl methyl sites for hydroxylation is 1. The fourth-order valence-electron chi connectivity index (χ4n) is 3.17. The van der Waals surface area contributed by atoms with Crippen LogP contribution in [0.3, 0.4) is 0 Å². The Morgan fingerprint density at radius 1 is 0.889 bits per heavy atom. The number of carbonyl (C=O) groups is 1. The monoisotopic (exact) mass is 396 g/mol. The third-order valence-electron chi connectivity index (χ3n) is 4.72. The predicted octanol–water partition coefficient (Wildman–Crippen LogP) is 6.50. The molecule has 6 heteroatoms. The zero-order valence-electron chi connectivity index (χ0n) is 16.7. The number of Topliss-reactive ketones (excluding diaryl/α,β-unsaturated/α-hetero) is 1. The second-order valence-electron chi connectivity index (χ2n) is 7.04. The van der Waals surface area contributed by atoms with Gasteiger partial charge in [0.25, 0.3) is 0 Å². The molecule has 0 bridgehead atoms. The van der Waals surface area contributed by atoms with Gasteiger partial charge in [-0.25, -0.2) is 4.57 Å². The molecule has 152 valence electrons. The molecule has 0 aliphatic heterocycles. The highest BCUT2D eigenvalue weighted by Crippen LogP contribution is 2.51. The lowest BCUT2D eigenvalue weighted by atomic mass is 10.1. The van der Waals surface area contributed by atoms with E-state index in [9.17, 15) is 9.36 Å². The van der Waals surface area contributed by atoms with Crippen LogP contribution in [0, 0.1) is 0 Å². The Labute approximate surface area is 163 Å². The van der Waals surface area contributed by atoms with E-state index in [1.807, 2.05) is 12.1 Å². The van der Waals surface area contributed by atoms with E-state index in [1.54, 1.807) is 6.07 Å². The highest BCUT2D eigenvalue weighted by Gasteiger charge is 2.32. The van der Waals surface area contributed by atoms with Crippen LogP contribution in [0.5, 0.6) is 5.75 Å². The molecule has 1 aliphatic rings. The van der Waals surface area contributed by atoms with Crippen molar-refractivity contribution >= 4 is 13.6 Å². The van der Waals surface area contributed by atoms with Gasteiger partial charge < -0.3 is 4.52 Å². The van der Waals surface area contributed by atoms with Crippen molar-refractivity contribution in [2.45, 2.75) is 78.1 Å². The van der Waals surface area contributed by atoms with Crippen molar-refractivity contribution in [3.05, 3.63) is 29.3 Å². The van der Waals surface area contributed by atoms with Crippen LogP contribution >= 0.6 is 7.82 Å². The number of phosphoric acid groups is 1. The minimum Gasteiger partial charge on any atom is -0.403 e. The van der Waals surface area contributed by atoms with Gasteiger partial charge in [-0.15, -0.1) is 0 Å². The average Bonchev–Trinajstić information content (AvgIpc) is 3.04. The molecule has 0 saturated heterocycles. The maximum Gasteiger partial charge on any atom is 0.530 e. The lowest BCUT2D eigenvalue weighted by Gasteiger charge is -2.20. The normalized spacial score (nSPS) is 13.8. The summed E-state index contributed by atoms with van der Waals surface area (Å²) in [5.74, 6) is 0.346. The lowest BCUT2D eigenvalue weighted by molar-refractivity contribution is 0.0992. The van der Waals surface area contributed by atoms with E-state index < -0.39 is 7.82 Å². The fraction of sp³-hybridized carbons (Fsp3) is 0.667. The molecular weight excluding hydrogens is 363 g/mol. The molecule has 2 rings (SSSR count). The van der Waals surface area contributed by atoms with Gasteiger partial charge in [0.15, 0.2) is 5.78 Å². The van der Waals surface area contributed by atoms with Gasteiger partial charge in [0, 0.05) is 6.42 Å². The van der Waals surface area contributed by atoms with Crippen LogP contribution in [0.25, 0.3) is 0 Å². The minimum absolute atomic E-state index is 0.0260. The molecule has 0 radical (unpaired) electrons. The molecule has 0 heterocycles. The number of fused-ring (bicyclic) bond motifs is 1. The molecule has 0 fully saturated rings. The number of ketones is 1. The summed E-state index contributed by atoms with van der Waals surface area (Å²) in [4.78, 5) is 12.2. The second kappa shape index (κ2) is 11.6. The average molecular weight is 396 g/mol. The van der Waals surface area contributed by atoms with Crippen molar-refractivity contribution in [2.24, 2.45) is 0 Å². The summed E-state index contributed by atoms with van der Waals surface area (Å²) < 4.78 is 30.1. The van der Waals surface area contributed by atoms with E-state index in [0.717, 1.165) is 56.9 Å². The van der Waals surface area contributed by atoms with Gasteiger partial charge in [-0.1, -0.05) is 64.5 Å². The summed E-state index contributed by atoms with van der Waals surface area (Å²) in [7, 11) is -3.75. The Balaban J connectivity index is 2.02. The van der Waals surface area contributed by atoms with Gasteiger partial charge >= 0.3 is 7.82 Å². The SMILES string of the molecule is CCCCCCOP(=O)(OCCCCCC)Oc1cccc2c1C(=O)CC2. The van der Waals surface area contributed by atoms with Crippen LogP contribution in [-0.2, 0) is 20.0 Å². The van der Waals surface area contributed by atoms with Gasteiger partial charge in [0.2, 0.25) is 0 Å². The van der Waals surface area contributed by atoms with Gasteiger partial charge in [0.1, 0.15) is 5.75 Å². The van der Waals surface area contributed by atoms with Gasteiger partial charge in [-0.05, 0) is 30.9 Å². The van der Waals surface area contributed by atoms with Gasteiger partial charge in [-0.3, -0.25) is 13.8 Å². The minimum atomic E-state index is -3.75. The van der Waals surface area contributed by atoms with Gasteiger partial charge in [0.05, 0.1) is 18.8 Å². The second-order valence-corrected chi connectivity index (χ2v) is 8.63. The Morgan fingerprint density at radius 2 is 1.52 bits per heavy atom. The van der Waals surface area contributed by atoms with Crippen molar-refractivity contribution in [1.82, 2.24) is 0 Å². The molecule has 0 N–H and O–H groups in total. The third kappa shape index (κ3) is 7.06. The zero-order chi connectivity index (χ0) is 19.5.